The second kappa shape index (κ2) is 5.64. The van der Waals surface area contributed by atoms with Gasteiger partial charge in [-0.2, -0.15) is 0 Å². The van der Waals surface area contributed by atoms with Gasteiger partial charge in [0.2, 0.25) is 0 Å². The maximum Gasteiger partial charge on any atom is 0.309 e. The summed E-state index contributed by atoms with van der Waals surface area (Å²) in [5.74, 6) is 0.0923. The summed E-state index contributed by atoms with van der Waals surface area (Å²) in [5.41, 5.74) is 4.21. The summed E-state index contributed by atoms with van der Waals surface area (Å²) >= 11 is 0. The van der Waals surface area contributed by atoms with Crippen LogP contribution in [0.25, 0.3) is 0 Å². The Kier molecular flexibility index (Phi) is 4.74. The van der Waals surface area contributed by atoms with Crippen molar-refractivity contribution in [3.8, 4) is 0 Å². The van der Waals surface area contributed by atoms with E-state index in [1.807, 2.05) is 0 Å². The Morgan fingerprint density at radius 3 is 2.69 bits per heavy atom. The number of carbonyl (C=O) groups is 1. The molecule has 0 aromatic carbocycles. The van der Waals surface area contributed by atoms with Crippen molar-refractivity contribution >= 4 is 5.97 Å². The van der Waals surface area contributed by atoms with Crippen LogP contribution in [0.4, 0.5) is 0 Å². The van der Waals surface area contributed by atoms with Crippen molar-refractivity contribution in [1.82, 2.24) is 0 Å². The van der Waals surface area contributed by atoms with Crippen LogP contribution in [0.3, 0.4) is 0 Å². The highest BCUT2D eigenvalue weighted by Crippen LogP contribution is 2.27. The van der Waals surface area contributed by atoms with Gasteiger partial charge >= 0.3 is 5.97 Å². The molecule has 1 fully saturated rings. The third-order valence-electron chi connectivity index (χ3n) is 3.28. The van der Waals surface area contributed by atoms with E-state index in [1.165, 1.54) is 6.42 Å². The molecule has 0 aliphatic heterocycles. The van der Waals surface area contributed by atoms with Crippen LogP contribution < -0.4 is 5.73 Å². The summed E-state index contributed by atoms with van der Waals surface area (Å²) in [6, 6.07) is 0. The smallest absolute Gasteiger partial charge is 0.309 e. The van der Waals surface area contributed by atoms with Crippen LogP contribution in [0.15, 0.2) is 0 Å². The van der Waals surface area contributed by atoms with Crippen molar-refractivity contribution in [1.29, 1.82) is 0 Å². The Hall–Kier alpha value is -0.610. The minimum Gasteiger partial charge on any atom is -0.462 e. The highest BCUT2D eigenvalue weighted by atomic mass is 16.5. The van der Waals surface area contributed by atoms with Crippen LogP contribution in [-0.2, 0) is 9.53 Å². The van der Waals surface area contributed by atoms with E-state index in [0.29, 0.717) is 5.92 Å². The fourth-order valence-electron chi connectivity index (χ4n) is 2.05. The maximum atomic E-state index is 11.6. The first-order chi connectivity index (χ1) is 7.44. The molecule has 1 rings (SSSR count). The van der Waals surface area contributed by atoms with Crippen molar-refractivity contribution in [2.45, 2.75) is 57.7 Å². The normalized spacial score (nSPS) is 29.5. The quantitative estimate of drug-likeness (QED) is 0.711. The van der Waals surface area contributed by atoms with Gasteiger partial charge < -0.3 is 15.6 Å². The third-order valence-corrected chi connectivity index (χ3v) is 3.28. The molecule has 0 heterocycles. The topological polar surface area (TPSA) is 72.5 Å². The van der Waals surface area contributed by atoms with E-state index < -0.39 is 5.60 Å². The van der Waals surface area contributed by atoms with Gasteiger partial charge in [-0.05, 0) is 32.1 Å². The molecule has 0 bridgehead atoms. The van der Waals surface area contributed by atoms with Gasteiger partial charge in [0.05, 0.1) is 12.0 Å². The molecule has 0 radical (unpaired) electrons. The molecule has 0 aromatic rings. The first-order valence-corrected chi connectivity index (χ1v) is 6.06. The number of carbonyl (C=O) groups excluding carboxylic acids is 1. The highest BCUT2D eigenvalue weighted by molar-refractivity contribution is 5.70. The zero-order valence-electron chi connectivity index (χ0n) is 10.2. The lowest BCUT2D eigenvalue weighted by Gasteiger charge is -2.29. The molecular formula is C12H23NO3. The van der Waals surface area contributed by atoms with Crippen molar-refractivity contribution < 1.29 is 14.6 Å². The Labute approximate surface area is 97.2 Å². The standard InChI is InChI=1S/C12H23NO3/c1-9-5-3-4-6-10(9)16-11(14)7-12(2,15)8-13/h9-10,15H,3-8,13H2,1-2H3. The highest BCUT2D eigenvalue weighted by Gasteiger charge is 2.28. The molecule has 1 saturated carbocycles. The second-order valence-corrected chi connectivity index (χ2v) is 5.17. The molecule has 0 spiro atoms. The SMILES string of the molecule is CC1CCCCC1OC(=O)CC(C)(O)CN. The zero-order chi connectivity index (χ0) is 12.2. The minimum atomic E-state index is -1.14. The molecular weight excluding hydrogens is 206 g/mol. The van der Waals surface area contributed by atoms with Crippen LogP contribution >= 0.6 is 0 Å². The number of hydrogen-bond donors (Lipinski definition) is 2. The maximum absolute atomic E-state index is 11.6. The molecule has 3 N–H and O–H groups in total. The van der Waals surface area contributed by atoms with Gasteiger partial charge in [-0.15, -0.1) is 0 Å². The minimum absolute atomic E-state index is 0.0211. The molecule has 0 amide bonds. The van der Waals surface area contributed by atoms with Crippen molar-refractivity contribution in [2.24, 2.45) is 11.7 Å². The number of nitrogens with two attached hydrogens (primary N) is 1. The van der Waals surface area contributed by atoms with E-state index in [9.17, 15) is 9.90 Å². The lowest BCUT2D eigenvalue weighted by atomic mass is 9.88. The molecule has 16 heavy (non-hydrogen) atoms. The predicted octanol–water partition coefficient (Wildman–Crippen LogP) is 1.21. The van der Waals surface area contributed by atoms with Gasteiger partial charge in [0.1, 0.15) is 6.10 Å². The van der Waals surface area contributed by atoms with Gasteiger partial charge in [-0.25, -0.2) is 0 Å². The van der Waals surface area contributed by atoms with Gasteiger partial charge in [-0.3, -0.25) is 4.79 Å². The van der Waals surface area contributed by atoms with E-state index in [-0.39, 0.29) is 25.0 Å². The summed E-state index contributed by atoms with van der Waals surface area (Å²) in [5, 5.41) is 9.66. The number of esters is 1. The molecule has 3 unspecified atom stereocenters. The van der Waals surface area contributed by atoms with Crippen LogP contribution in [-0.4, -0.2) is 29.3 Å². The summed E-state index contributed by atoms with van der Waals surface area (Å²) < 4.78 is 5.39. The summed E-state index contributed by atoms with van der Waals surface area (Å²) in [6.07, 6.45) is 4.40. The fourth-order valence-corrected chi connectivity index (χ4v) is 2.05. The van der Waals surface area contributed by atoms with Gasteiger partial charge in [0.25, 0.3) is 0 Å². The Bertz CT molecular complexity index is 240. The Morgan fingerprint density at radius 1 is 1.50 bits per heavy atom. The number of hydrogen-bond acceptors (Lipinski definition) is 4. The number of rotatable bonds is 4. The molecule has 4 nitrogen and oxygen atoms in total. The van der Waals surface area contributed by atoms with Crippen LogP contribution in [0.1, 0.15) is 46.0 Å². The summed E-state index contributed by atoms with van der Waals surface area (Å²) in [7, 11) is 0. The molecule has 4 heteroatoms. The zero-order valence-corrected chi connectivity index (χ0v) is 10.2. The first-order valence-electron chi connectivity index (χ1n) is 6.06. The summed E-state index contributed by atoms with van der Waals surface area (Å²) in [4.78, 5) is 11.6. The molecule has 1 aliphatic carbocycles. The summed E-state index contributed by atoms with van der Waals surface area (Å²) in [6.45, 7) is 3.74. The first kappa shape index (κ1) is 13.5. The Balaban J connectivity index is 2.38. The van der Waals surface area contributed by atoms with Crippen LogP contribution in [0.2, 0.25) is 0 Å². The molecule has 1 aliphatic rings. The average Bonchev–Trinajstić information content (AvgIpc) is 2.21. The van der Waals surface area contributed by atoms with Crippen molar-refractivity contribution in [3.05, 3.63) is 0 Å². The van der Waals surface area contributed by atoms with E-state index >= 15 is 0 Å². The lowest BCUT2D eigenvalue weighted by Crippen LogP contribution is -2.38. The molecule has 0 saturated heterocycles. The van der Waals surface area contributed by atoms with Gasteiger partial charge in [0, 0.05) is 6.54 Å². The largest absolute Gasteiger partial charge is 0.462 e. The van der Waals surface area contributed by atoms with Crippen molar-refractivity contribution in [2.75, 3.05) is 6.54 Å². The van der Waals surface area contributed by atoms with E-state index in [4.69, 9.17) is 10.5 Å². The van der Waals surface area contributed by atoms with E-state index in [0.717, 1.165) is 19.3 Å². The monoisotopic (exact) mass is 229 g/mol. The number of aliphatic hydroxyl groups is 1. The fraction of sp³-hybridized carbons (Fsp3) is 0.917. The van der Waals surface area contributed by atoms with Crippen molar-refractivity contribution in [3.63, 3.8) is 0 Å². The van der Waals surface area contributed by atoms with E-state index in [2.05, 4.69) is 6.92 Å². The number of ether oxygens (including phenoxy) is 1. The van der Waals surface area contributed by atoms with Gasteiger partial charge in [-0.1, -0.05) is 13.3 Å². The lowest BCUT2D eigenvalue weighted by molar-refractivity contribution is -0.157. The van der Waals surface area contributed by atoms with Gasteiger partial charge in [0.15, 0.2) is 0 Å². The Morgan fingerprint density at radius 2 is 2.12 bits per heavy atom. The van der Waals surface area contributed by atoms with Crippen LogP contribution in [0, 0.1) is 5.92 Å². The molecule has 3 atom stereocenters. The second-order valence-electron chi connectivity index (χ2n) is 5.17. The average molecular weight is 229 g/mol. The molecule has 0 aromatic heterocycles. The third kappa shape index (κ3) is 4.10. The van der Waals surface area contributed by atoms with Crippen LogP contribution in [0.5, 0.6) is 0 Å². The predicted molar refractivity (Wildman–Crippen MR) is 61.8 cm³/mol. The molecule has 94 valence electrons. The van der Waals surface area contributed by atoms with E-state index in [1.54, 1.807) is 6.92 Å².